The summed E-state index contributed by atoms with van der Waals surface area (Å²) >= 11 is 0. The van der Waals surface area contributed by atoms with Gasteiger partial charge in [0.25, 0.3) is 5.91 Å². The Labute approximate surface area is 111 Å². The standard InChI is InChI=1S/C12H16N6O/c1-8(11-17-15-7-18(11)3)16-12(19)9-4-5-10(13-2)14-6-9/h4-8H,1-3H3,(H,13,14)(H,16,19). The van der Waals surface area contributed by atoms with Crippen LogP contribution in [0.1, 0.15) is 29.1 Å². The number of aryl methyl sites for hydroxylation is 1. The number of nitrogens with one attached hydrogen (secondary N) is 2. The lowest BCUT2D eigenvalue weighted by molar-refractivity contribution is 0.0937. The maximum atomic E-state index is 12.0. The van der Waals surface area contributed by atoms with Crippen LogP contribution in [0.3, 0.4) is 0 Å². The van der Waals surface area contributed by atoms with E-state index in [1.165, 1.54) is 6.20 Å². The first-order chi connectivity index (χ1) is 9.11. The van der Waals surface area contributed by atoms with Gasteiger partial charge < -0.3 is 15.2 Å². The van der Waals surface area contributed by atoms with Crippen molar-refractivity contribution in [2.75, 3.05) is 12.4 Å². The molecule has 0 aromatic carbocycles. The van der Waals surface area contributed by atoms with Gasteiger partial charge in [-0.15, -0.1) is 10.2 Å². The summed E-state index contributed by atoms with van der Waals surface area (Å²) in [5.74, 6) is 1.23. The largest absolute Gasteiger partial charge is 0.373 e. The minimum absolute atomic E-state index is 0.189. The number of aromatic nitrogens is 4. The fourth-order valence-electron chi connectivity index (χ4n) is 1.70. The van der Waals surface area contributed by atoms with Crippen LogP contribution in [-0.4, -0.2) is 32.7 Å². The van der Waals surface area contributed by atoms with Gasteiger partial charge in [0, 0.05) is 20.3 Å². The monoisotopic (exact) mass is 260 g/mol. The summed E-state index contributed by atoms with van der Waals surface area (Å²) in [6.07, 6.45) is 3.13. The molecule has 0 saturated heterocycles. The summed E-state index contributed by atoms with van der Waals surface area (Å²) in [6.45, 7) is 1.86. The number of rotatable bonds is 4. The van der Waals surface area contributed by atoms with Crippen LogP contribution in [0.5, 0.6) is 0 Å². The lowest BCUT2D eigenvalue weighted by atomic mass is 10.2. The Morgan fingerprint density at radius 3 is 2.74 bits per heavy atom. The molecule has 0 fully saturated rings. The molecular formula is C12H16N6O. The highest BCUT2D eigenvalue weighted by atomic mass is 16.1. The number of carbonyl (C=O) groups is 1. The topological polar surface area (TPSA) is 84.7 Å². The van der Waals surface area contributed by atoms with Gasteiger partial charge in [-0.25, -0.2) is 4.98 Å². The van der Waals surface area contributed by atoms with Gasteiger partial charge in [0.2, 0.25) is 0 Å². The smallest absolute Gasteiger partial charge is 0.253 e. The van der Waals surface area contributed by atoms with Gasteiger partial charge in [0.1, 0.15) is 12.1 Å². The number of hydrogen-bond acceptors (Lipinski definition) is 5. The highest BCUT2D eigenvalue weighted by molar-refractivity contribution is 5.94. The predicted octanol–water partition coefficient (Wildman–Crippen LogP) is 0.743. The van der Waals surface area contributed by atoms with Crippen molar-refractivity contribution in [2.45, 2.75) is 13.0 Å². The summed E-state index contributed by atoms with van der Waals surface area (Å²) in [7, 11) is 3.61. The van der Waals surface area contributed by atoms with Gasteiger partial charge in [0.15, 0.2) is 5.82 Å². The number of hydrogen-bond donors (Lipinski definition) is 2. The second-order valence-corrected chi connectivity index (χ2v) is 4.18. The summed E-state index contributed by atoms with van der Waals surface area (Å²) in [4.78, 5) is 16.1. The fourth-order valence-corrected chi connectivity index (χ4v) is 1.70. The van der Waals surface area contributed by atoms with Crippen LogP contribution < -0.4 is 10.6 Å². The molecule has 1 unspecified atom stereocenters. The molecule has 2 aromatic heterocycles. The summed E-state index contributed by atoms with van der Waals surface area (Å²) in [5, 5.41) is 13.5. The Hall–Kier alpha value is -2.44. The Bertz CT molecular complexity index is 562. The first-order valence-corrected chi connectivity index (χ1v) is 5.90. The second kappa shape index (κ2) is 5.47. The number of carbonyl (C=O) groups excluding carboxylic acids is 1. The second-order valence-electron chi connectivity index (χ2n) is 4.18. The first kappa shape index (κ1) is 13.0. The third-order valence-corrected chi connectivity index (χ3v) is 2.76. The Morgan fingerprint density at radius 1 is 1.42 bits per heavy atom. The molecule has 2 aromatic rings. The highest BCUT2D eigenvalue weighted by Gasteiger charge is 2.15. The molecule has 7 nitrogen and oxygen atoms in total. The molecule has 2 rings (SSSR count). The van der Waals surface area contributed by atoms with E-state index in [-0.39, 0.29) is 11.9 Å². The SMILES string of the molecule is CNc1ccc(C(=O)NC(C)c2nncn2C)cn1. The van der Waals surface area contributed by atoms with Crippen LogP contribution in [0, 0.1) is 0 Å². The zero-order valence-corrected chi connectivity index (χ0v) is 11.1. The van der Waals surface area contributed by atoms with Gasteiger partial charge in [-0.3, -0.25) is 4.79 Å². The summed E-state index contributed by atoms with van der Waals surface area (Å²) < 4.78 is 1.77. The van der Waals surface area contributed by atoms with Gasteiger partial charge in [0.05, 0.1) is 11.6 Å². The number of amides is 1. The normalized spacial score (nSPS) is 11.9. The number of pyridine rings is 1. The average molecular weight is 260 g/mol. The van der Waals surface area contributed by atoms with E-state index in [1.807, 2.05) is 14.0 Å². The van der Waals surface area contributed by atoms with Crippen molar-refractivity contribution < 1.29 is 4.79 Å². The maximum Gasteiger partial charge on any atom is 0.253 e. The third-order valence-electron chi connectivity index (χ3n) is 2.76. The van der Waals surface area contributed by atoms with Crippen LogP contribution >= 0.6 is 0 Å². The molecule has 0 saturated carbocycles. The lowest BCUT2D eigenvalue weighted by Crippen LogP contribution is -2.28. The van der Waals surface area contributed by atoms with E-state index in [4.69, 9.17) is 0 Å². The molecule has 0 radical (unpaired) electrons. The number of nitrogens with zero attached hydrogens (tertiary/aromatic N) is 4. The molecule has 1 amide bonds. The van der Waals surface area contributed by atoms with Crippen LogP contribution in [0.25, 0.3) is 0 Å². The van der Waals surface area contributed by atoms with E-state index < -0.39 is 0 Å². The summed E-state index contributed by atoms with van der Waals surface area (Å²) in [6, 6.07) is 3.25. The van der Waals surface area contributed by atoms with Crippen molar-refractivity contribution in [3.8, 4) is 0 Å². The van der Waals surface area contributed by atoms with Crippen molar-refractivity contribution in [1.29, 1.82) is 0 Å². The molecule has 7 heteroatoms. The van der Waals surface area contributed by atoms with Gasteiger partial charge in [-0.2, -0.15) is 0 Å². The van der Waals surface area contributed by atoms with E-state index in [1.54, 1.807) is 30.1 Å². The lowest BCUT2D eigenvalue weighted by Gasteiger charge is -2.12. The molecule has 2 heterocycles. The maximum absolute atomic E-state index is 12.0. The van der Waals surface area contributed by atoms with E-state index >= 15 is 0 Å². The first-order valence-electron chi connectivity index (χ1n) is 5.90. The van der Waals surface area contributed by atoms with Crippen LogP contribution in [0.2, 0.25) is 0 Å². The minimum atomic E-state index is -0.219. The predicted molar refractivity (Wildman–Crippen MR) is 70.7 cm³/mol. The fraction of sp³-hybridized carbons (Fsp3) is 0.333. The zero-order valence-electron chi connectivity index (χ0n) is 11.1. The summed E-state index contributed by atoms with van der Waals surface area (Å²) in [5.41, 5.74) is 0.507. The molecule has 0 aliphatic rings. The minimum Gasteiger partial charge on any atom is -0.373 e. The molecule has 0 aliphatic heterocycles. The van der Waals surface area contributed by atoms with Crippen molar-refractivity contribution in [1.82, 2.24) is 25.1 Å². The highest BCUT2D eigenvalue weighted by Crippen LogP contribution is 2.10. The Kier molecular flexibility index (Phi) is 3.74. The molecule has 0 aliphatic carbocycles. The van der Waals surface area contributed by atoms with Gasteiger partial charge in [-0.05, 0) is 19.1 Å². The van der Waals surface area contributed by atoms with E-state index in [0.29, 0.717) is 11.4 Å². The molecule has 2 N–H and O–H groups in total. The molecule has 0 bridgehead atoms. The number of anilines is 1. The van der Waals surface area contributed by atoms with Crippen LogP contribution in [0.4, 0.5) is 5.82 Å². The van der Waals surface area contributed by atoms with E-state index in [9.17, 15) is 4.79 Å². The van der Waals surface area contributed by atoms with Crippen LogP contribution in [-0.2, 0) is 7.05 Å². The van der Waals surface area contributed by atoms with E-state index in [2.05, 4.69) is 25.8 Å². The van der Waals surface area contributed by atoms with Crippen molar-refractivity contribution in [2.24, 2.45) is 7.05 Å². The van der Waals surface area contributed by atoms with Crippen molar-refractivity contribution in [3.63, 3.8) is 0 Å². The van der Waals surface area contributed by atoms with Crippen molar-refractivity contribution >= 4 is 11.7 Å². The Balaban J connectivity index is 2.06. The molecule has 0 spiro atoms. The van der Waals surface area contributed by atoms with Crippen LogP contribution in [0.15, 0.2) is 24.7 Å². The quantitative estimate of drug-likeness (QED) is 0.847. The third kappa shape index (κ3) is 2.87. The van der Waals surface area contributed by atoms with E-state index in [0.717, 1.165) is 5.82 Å². The Morgan fingerprint density at radius 2 is 2.21 bits per heavy atom. The average Bonchev–Trinajstić information content (AvgIpc) is 2.85. The molecule has 1 atom stereocenters. The molecule has 100 valence electrons. The zero-order chi connectivity index (χ0) is 13.8. The van der Waals surface area contributed by atoms with Gasteiger partial charge >= 0.3 is 0 Å². The molecule has 19 heavy (non-hydrogen) atoms. The van der Waals surface area contributed by atoms with Crippen molar-refractivity contribution in [3.05, 3.63) is 36.0 Å². The van der Waals surface area contributed by atoms with Gasteiger partial charge in [-0.1, -0.05) is 0 Å². The molecular weight excluding hydrogens is 244 g/mol.